The summed E-state index contributed by atoms with van der Waals surface area (Å²) in [6.45, 7) is 4.30. The number of piperidine rings is 1. The molecule has 1 fully saturated rings. The minimum atomic E-state index is -2.83. The maximum Gasteiger partial charge on any atom is 0.387 e. The van der Waals surface area contributed by atoms with Crippen LogP contribution in [0.1, 0.15) is 38.2 Å². The zero-order valence-electron chi connectivity index (χ0n) is 16.8. The highest BCUT2D eigenvalue weighted by atomic mass is 127. The van der Waals surface area contributed by atoms with Crippen LogP contribution in [0.4, 0.5) is 8.78 Å². The van der Waals surface area contributed by atoms with Gasteiger partial charge in [0.1, 0.15) is 5.75 Å². The predicted octanol–water partition coefficient (Wildman–Crippen LogP) is 4.08. The van der Waals surface area contributed by atoms with Crippen LogP contribution in [0.15, 0.2) is 29.3 Å². The number of guanidine groups is 1. The number of aliphatic imine (C=N–C) groups is 1. The number of halogens is 3. The number of nitrogens with zero attached hydrogens (tertiary/aromatic N) is 2. The number of benzene rings is 1. The Morgan fingerprint density at radius 3 is 2.61 bits per heavy atom. The molecule has 160 valence electrons. The molecule has 28 heavy (non-hydrogen) atoms. The van der Waals surface area contributed by atoms with Crippen LogP contribution in [0, 0.1) is 5.92 Å². The normalized spacial score (nSPS) is 16.0. The first-order chi connectivity index (χ1) is 13.1. The Balaban J connectivity index is 0.00000392. The first-order valence-electron chi connectivity index (χ1n) is 9.78. The highest BCUT2D eigenvalue weighted by Gasteiger charge is 2.14. The van der Waals surface area contributed by atoms with Crippen molar-refractivity contribution in [2.45, 2.75) is 45.8 Å². The Morgan fingerprint density at radius 1 is 1.21 bits per heavy atom. The van der Waals surface area contributed by atoms with Crippen LogP contribution in [-0.2, 0) is 6.54 Å². The summed E-state index contributed by atoms with van der Waals surface area (Å²) in [5, 5.41) is 6.42. The van der Waals surface area contributed by atoms with Gasteiger partial charge in [0.15, 0.2) is 5.96 Å². The molecule has 2 rings (SSSR count). The third-order valence-electron chi connectivity index (χ3n) is 4.93. The van der Waals surface area contributed by atoms with E-state index in [1.165, 1.54) is 25.9 Å². The summed E-state index contributed by atoms with van der Waals surface area (Å²) >= 11 is 0. The van der Waals surface area contributed by atoms with Crippen LogP contribution < -0.4 is 15.4 Å². The molecule has 1 saturated heterocycles. The zero-order chi connectivity index (χ0) is 19.5. The van der Waals surface area contributed by atoms with Gasteiger partial charge in [0.05, 0.1) is 0 Å². The van der Waals surface area contributed by atoms with Gasteiger partial charge in [-0.3, -0.25) is 4.99 Å². The molecule has 1 aromatic rings. The molecule has 5 nitrogen and oxygen atoms in total. The maximum absolute atomic E-state index is 12.5. The van der Waals surface area contributed by atoms with E-state index in [1.807, 2.05) is 0 Å². The molecule has 0 radical (unpaired) electrons. The van der Waals surface area contributed by atoms with Crippen molar-refractivity contribution < 1.29 is 13.5 Å². The third kappa shape index (κ3) is 9.36. The molecular formula is C20H33F2IN4O. The molecule has 1 aliphatic rings. The lowest BCUT2D eigenvalue weighted by atomic mass is 9.99. The molecule has 8 heteroatoms. The summed E-state index contributed by atoms with van der Waals surface area (Å²) in [5.74, 6) is 1.72. The minimum absolute atomic E-state index is 0. The van der Waals surface area contributed by atoms with Gasteiger partial charge in [-0.1, -0.05) is 25.1 Å². The summed E-state index contributed by atoms with van der Waals surface area (Å²) < 4.78 is 29.5. The van der Waals surface area contributed by atoms with Crippen LogP contribution >= 0.6 is 24.0 Å². The molecule has 0 saturated carbocycles. The molecule has 0 spiro atoms. The van der Waals surface area contributed by atoms with Crippen molar-refractivity contribution in [1.82, 2.24) is 15.5 Å². The van der Waals surface area contributed by atoms with Gasteiger partial charge < -0.3 is 20.3 Å². The summed E-state index contributed by atoms with van der Waals surface area (Å²) in [5.41, 5.74) is 0.667. The van der Waals surface area contributed by atoms with Gasteiger partial charge in [-0.25, -0.2) is 0 Å². The van der Waals surface area contributed by atoms with Crippen molar-refractivity contribution in [3.8, 4) is 5.75 Å². The average molecular weight is 510 g/mol. The lowest BCUT2D eigenvalue weighted by Crippen LogP contribution is -2.38. The smallest absolute Gasteiger partial charge is 0.387 e. The summed E-state index contributed by atoms with van der Waals surface area (Å²) in [6, 6.07) is 6.78. The monoisotopic (exact) mass is 510 g/mol. The molecule has 0 atom stereocenters. The van der Waals surface area contributed by atoms with Gasteiger partial charge in [0.25, 0.3) is 0 Å². The second-order valence-corrected chi connectivity index (χ2v) is 7.07. The van der Waals surface area contributed by atoms with E-state index in [0.717, 1.165) is 31.8 Å². The van der Waals surface area contributed by atoms with E-state index in [0.29, 0.717) is 18.1 Å². The van der Waals surface area contributed by atoms with Crippen LogP contribution in [0.3, 0.4) is 0 Å². The third-order valence-corrected chi connectivity index (χ3v) is 4.93. The maximum atomic E-state index is 12.5. The van der Waals surface area contributed by atoms with Crippen LogP contribution in [0.2, 0.25) is 0 Å². The first kappa shape index (κ1) is 24.9. The minimum Gasteiger partial charge on any atom is -0.434 e. The second-order valence-electron chi connectivity index (χ2n) is 7.07. The highest BCUT2D eigenvalue weighted by Crippen LogP contribution is 2.20. The van der Waals surface area contributed by atoms with Crippen LogP contribution in [0.5, 0.6) is 5.75 Å². The number of unbranched alkanes of at least 4 members (excludes halogenated alkanes) is 1. The first-order valence-corrected chi connectivity index (χ1v) is 9.78. The fourth-order valence-electron chi connectivity index (χ4n) is 3.21. The van der Waals surface area contributed by atoms with E-state index in [4.69, 9.17) is 0 Å². The van der Waals surface area contributed by atoms with Gasteiger partial charge in [-0.2, -0.15) is 8.78 Å². The Kier molecular flexibility index (Phi) is 12.4. The second kappa shape index (κ2) is 13.9. The Bertz CT molecular complexity index is 581. The number of likely N-dealkylation sites (tertiary alicyclic amines) is 1. The van der Waals surface area contributed by atoms with Gasteiger partial charge in [0, 0.05) is 25.7 Å². The number of rotatable bonds is 9. The Hall–Kier alpha value is -1.16. The lowest BCUT2D eigenvalue weighted by Gasteiger charge is -2.30. The van der Waals surface area contributed by atoms with Crippen molar-refractivity contribution in [1.29, 1.82) is 0 Å². The number of hydrogen-bond donors (Lipinski definition) is 2. The molecule has 0 unspecified atom stereocenters. The fourth-order valence-corrected chi connectivity index (χ4v) is 3.21. The van der Waals surface area contributed by atoms with Gasteiger partial charge in [-0.05, 0) is 57.3 Å². The molecule has 1 aliphatic heterocycles. The van der Waals surface area contributed by atoms with Crippen molar-refractivity contribution >= 4 is 29.9 Å². The van der Waals surface area contributed by atoms with Crippen molar-refractivity contribution in [3.63, 3.8) is 0 Å². The topological polar surface area (TPSA) is 48.9 Å². The molecule has 0 aliphatic carbocycles. The molecule has 2 N–H and O–H groups in total. The van der Waals surface area contributed by atoms with E-state index in [9.17, 15) is 8.78 Å². The van der Waals surface area contributed by atoms with E-state index in [2.05, 4.69) is 32.2 Å². The number of para-hydroxylation sites is 1. The van der Waals surface area contributed by atoms with Gasteiger partial charge in [-0.15, -0.1) is 24.0 Å². The van der Waals surface area contributed by atoms with Crippen LogP contribution in [0.25, 0.3) is 0 Å². The lowest BCUT2D eigenvalue weighted by molar-refractivity contribution is -0.0504. The number of nitrogens with one attached hydrogen (secondary N) is 2. The SMILES string of the molecule is CN=C(NCCCCN1CCC(C)CC1)NCc1ccccc1OC(F)F.I. The highest BCUT2D eigenvalue weighted by molar-refractivity contribution is 14.0. The van der Waals surface area contributed by atoms with Crippen molar-refractivity contribution in [3.05, 3.63) is 29.8 Å². The molecule has 0 amide bonds. The largest absolute Gasteiger partial charge is 0.434 e. The van der Waals surface area contributed by atoms with E-state index >= 15 is 0 Å². The van der Waals surface area contributed by atoms with E-state index in [1.54, 1.807) is 31.3 Å². The van der Waals surface area contributed by atoms with E-state index < -0.39 is 6.61 Å². The average Bonchev–Trinajstić information content (AvgIpc) is 2.66. The van der Waals surface area contributed by atoms with Crippen molar-refractivity contribution in [2.24, 2.45) is 10.9 Å². The predicted molar refractivity (Wildman–Crippen MR) is 121 cm³/mol. The van der Waals surface area contributed by atoms with Gasteiger partial charge >= 0.3 is 6.61 Å². The zero-order valence-corrected chi connectivity index (χ0v) is 19.1. The molecule has 1 aromatic carbocycles. The standard InChI is InChI=1S/C20H32F2N4O.HI/c1-16-9-13-26(14-10-16)12-6-5-11-24-20(23-2)25-15-17-7-3-4-8-18(17)27-19(21)22;/h3-4,7-8,16,19H,5-6,9-15H2,1-2H3,(H2,23,24,25);1H. The number of ether oxygens (including phenoxy) is 1. The molecular weight excluding hydrogens is 477 g/mol. The quantitative estimate of drug-likeness (QED) is 0.228. The molecule has 0 aromatic heterocycles. The van der Waals surface area contributed by atoms with E-state index in [-0.39, 0.29) is 29.7 Å². The molecule has 0 bridgehead atoms. The Labute approximate surface area is 184 Å². The number of alkyl halides is 2. The Morgan fingerprint density at radius 2 is 1.93 bits per heavy atom. The fraction of sp³-hybridized carbons (Fsp3) is 0.650. The summed E-state index contributed by atoms with van der Waals surface area (Å²) in [6.07, 6.45) is 4.85. The van der Waals surface area contributed by atoms with Crippen molar-refractivity contribution in [2.75, 3.05) is 33.2 Å². The number of hydrogen-bond acceptors (Lipinski definition) is 3. The molecule has 1 heterocycles. The van der Waals surface area contributed by atoms with Gasteiger partial charge in [0.2, 0.25) is 0 Å². The van der Waals surface area contributed by atoms with Crippen LogP contribution in [-0.4, -0.2) is 50.7 Å². The summed E-state index contributed by atoms with van der Waals surface area (Å²) in [4.78, 5) is 6.73. The summed E-state index contributed by atoms with van der Waals surface area (Å²) in [7, 11) is 1.70.